The van der Waals surface area contributed by atoms with Crippen molar-refractivity contribution in [2.45, 2.75) is 4.90 Å². The average Bonchev–Trinajstić information content (AvgIpc) is 2.82. The number of nitro groups is 1. The molecule has 0 spiro atoms. The molecule has 0 atom stereocenters. The Labute approximate surface area is 192 Å². The number of benzene rings is 3. The lowest BCUT2D eigenvalue weighted by Gasteiger charge is -2.29. The topological polar surface area (TPSA) is 122 Å². The summed E-state index contributed by atoms with van der Waals surface area (Å²) in [6.07, 6.45) is 0. The first-order valence-corrected chi connectivity index (χ1v) is 10.9. The predicted molar refractivity (Wildman–Crippen MR) is 126 cm³/mol. The number of non-ortho nitro benzene ring substituents is 1. The molecule has 10 heteroatoms. The maximum Gasteiger partial charge on any atom is 0.269 e. The van der Waals surface area contributed by atoms with E-state index in [1.807, 2.05) is 0 Å². The lowest BCUT2D eigenvalue weighted by atomic mass is 10.1. The minimum atomic E-state index is -0.478. The third-order valence-electron chi connectivity index (χ3n) is 4.85. The Hall–Kier alpha value is -4.18. The fourth-order valence-corrected chi connectivity index (χ4v) is 3.97. The number of nitrogens with one attached hydrogen (secondary N) is 2. The van der Waals surface area contributed by atoms with Gasteiger partial charge in [-0.3, -0.25) is 29.4 Å². The van der Waals surface area contributed by atoms with E-state index >= 15 is 0 Å². The van der Waals surface area contributed by atoms with Gasteiger partial charge in [0.2, 0.25) is 11.8 Å². The van der Waals surface area contributed by atoms with E-state index in [0.717, 1.165) is 4.90 Å². The molecule has 0 unspecified atom stereocenters. The maximum absolute atomic E-state index is 13.0. The summed E-state index contributed by atoms with van der Waals surface area (Å²) >= 11 is 1.26. The number of anilines is 3. The first kappa shape index (κ1) is 22.0. The van der Waals surface area contributed by atoms with Gasteiger partial charge in [-0.1, -0.05) is 12.1 Å². The Morgan fingerprint density at radius 2 is 1.73 bits per heavy atom. The standard InChI is InChI=1S/C23H18N4O5S/c28-21-13-26(20-4-2-1-3-19(20)25-21)23(30)15-5-7-16(8-6-15)24-22(29)14-33-18-11-9-17(10-12-18)27(31)32/h1-12H,13-14H2,(H,24,29)(H,25,28). The first-order valence-electron chi connectivity index (χ1n) is 9.88. The largest absolute Gasteiger partial charge is 0.325 e. The van der Waals surface area contributed by atoms with Gasteiger partial charge in [0, 0.05) is 28.3 Å². The van der Waals surface area contributed by atoms with E-state index in [9.17, 15) is 24.5 Å². The zero-order valence-electron chi connectivity index (χ0n) is 17.2. The van der Waals surface area contributed by atoms with Gasteiger partial charge in [0.25, 0.3) is 11.6 Å². The van der Waals surface area contributed by atoms with Crippen LogP contribution in [0.15, 0.2) is 77.7 Å². The fraction of sp³-hybridized carbons (Fsp3) is 0.0870. The summed E-state index contributed by atoms with van der Waals surface area (Å²) in [6, 6.07) is 19.5. The Balaban J connectivity index is 1.36. The third-order valence-corrected chi connectivity index (χ3v) is 5.86. The number of thioether (sulfide) groups is 1. The number of nitro benzene ring substituents is 1. The minimum absolute atomic E-state index is 0.00731. The molecule has 3 aromatic rings. The van der Waals surface area contributed by atoms with Crippen LogP contribution in [0.5, 0.6) is 0 Å². The van der Waals surface area contributed by atoms with Crippen LogP contribution in [0.2, 0.25) is 0 Å². The summed E-state index contributed by atoms with van der Waals surface area (Å²) in [5.74, 6) is -0.711. The van der Waals surface area contributed by atoms with Crippen molar-refractivity contribution >= 4 is 52.2 Å². The summed E-state index contributed by atoms with van der Waals surface area (Å²) in [5, 5.41) is 16.2. The molecule has 1 aliphatic heterocycles. The number of hydrogen-bond donors (Lipinski definition) is 2. The number of rotatable bonds is 6. The molecule has 0 saturated carbocycles. The Morgan fingerprint density at radius 1 is 1.03 bits per heavy atom. The highest BCUT2D eigenvalue weighted by Gasteiger charge is 2.27. The van der Waals surface area contributed by atoms with Gasteiger partial charge < -0.3 is 10.6 Å². The second-order valence-electron chi connectivity index (χ2n) is 7.12. The molecule has 0 aromatic heterocycles. The zero-order valence-corrected chi connectivity index (χ0v) is 18.0. The number of nitrogens with zero attached hydrogens (tertiary/aromatic N) is 2. The molecular formula is C23H18N4O5S. The number of para-hydroxylation sites is 2. The molecule has 4 rings (SSSR count). The lowest BCUT2D eigenvalue weighted by molar-refractivity contribution is -0.384. The number of fused-ring (bicyclic) bond motifs is 1. The molecule has 0 saturated heterocycles. The Morgan fingerprint density at radius 3 is 2.42 bits per heavy atom. The van der Waals surface area contributed by atoms with Gasteiger partial charge in [0.1, 0.15) is 6.54 Å². The molecule has 1 aliphatic rings. The van der Waals surface area contributed by atoms with Crippen molar-refractivity contribution in [3.8, 4) is 0 Å². The quantitative estimate of drug-likeness (QED) is 0.325. The van der Waals surface area contributed by atoms with Crippen molar-refractivity contribution in [1.82, 2.24) is 0 Å². The maximum atomic E-state index is 13.0. The van der Waals surface area contributed by atoms with E-state index in [1.165, 1.54) is 28.8 Å². The van der Waals surface area contributed by atoms with Gasteiger partial charge >= 0.3 is 0 Å². The third kappa shape index (κ3) is 5.18. The molecule has 0 aliphatic carbocycles. The normalized spacial score (nSPS) is 12.5. The molecule has 166 valence electrons. The van der Waals surface area contributed by atoms with Crippen molar-refractivity contribution in [3.05, 3.63) is 88.5 Å². The first-order chi connectivity index (χ1) is 15.9. The van der Waals surface area contributed by atoms with Gasteiger partial charge in [0.05, 0.1) is 22.1 Å². The molecule has 0 radical (unpaired) electrons. The van der Waals surface area contributed by atoms with Gasteiger partial charge in [0.15, 0.2) is 0 Å². The number of carbonyl (C=O) groups is 3. The molecule has 9 nitrogen and oxygen atoms in total. The van der Waals surface area contributed by atoms with Crippen LogP contribution in [0, 0.1) is 10.1 Å². The average molecular weight is 462 g/mol. The zero-order chi connectivity index (χ0) is 23.4. The predicted octanol–water partition coefficient (Wildman–Crippen LogP) is 3.92. The van der Waals surface area contributed by atoms with Crippen LogP contribution in [-0.2, 0) is 9.59 Å². The number of amides is 3. The molecule has 0 fully saturated rings. The van der Waals surface area contributed by atoms with E-state index in [2.05, 4.69) is 10.6 Å². The van der Waals surface area contributed by atoms with Crippen molar-refractivity contribution in [2.24, 2.45) is 0 Å². The van der Waals surface area contributed by atoms with E-state index < -0.39 is 4.92 Å². The highest BCUT2D eigenvalue weighted by molar-refractivity contribution is 8.00. The van der Waals surface area contributed by atoms with Crippen molar-refractivity contribution in [3.63, 3.8) is 0 Å². The van der Waals surface area contributed by atoms with Crippen LogP contribution in [-0.4, -0.2) is 34.9 Å². The minimum Gasteiger partial charge on any atom is -0.325 e. The highest BCUT2D eigenvalue weighted by Crippen LogP contribution is 2.30. The Kier molecular flexibility index (Phi) is 6.36. The van der Waals surface area contributed by atoms with E-state index in [1.54, 1.807) is 60.7 Å². The van der Waals surface area contributed by atoms with Crippen molar-refractivity contribution in [1.29, 1.82) is 0 Å². The van der Waals surface area contributed by atoms with Crippen LogP contribution < -0.4 is 15.5 Å². The molecule has 2 N–H and O–H groups in total. The van der Waals surface area contributed by atoms with Crippen molar-refractivity contribution in [2.75, 3.05) is 27.8 Å². The lowest BCUT2D eigenvalue weighted by Crippen LogP contribution is -2.42. The van der Waals surface area contributed by atoms with E-state index in [4.69, 9.17) is 0 Å². The summed E-state index contributed by atoms with van der Waals surface area (Å²) in [4.78, 5) is 49.6. The molecule has 0 bridgehead atoms. The second kappa shape index (κ2) is 9.53. The SMILES string of the molecule is O=C(CSc1ccc([N+](=O)[O-])cc1)Nc1ccc(C(=O)N2CC(=O)Nc3ccccc32)cc1. The van der Waals surface area contributed by atoms with E-state index in [-0.39, 0.29) is 35.7 Å². The van der Waals surface area contributed by atoms with Crippen molar-refractivity contribution < 1.29 is 19.3 Å². The summed E-state index contributed by atoms with van der Waals surface area (Å²) < 4.78 is 0. The van der Waals surface area contributed by atoms with Gasteiger partial charge in [-0.15, -0.1) is 11.8 Å². The second-order valence-corrected chi connectivity index (χ2v) is 8.17. The highest BCUT2D eigenvalue weighted by atomic mass is 32.2. The molecule has 33 heavy (non-hydrogen) atoms. The monoisotopic (exact) mass is 462 g/mol. The van der Waals surface area contributed by atoms with Crippen LogP contribution in [0.4, 0.5) is 22.7 Å². The summed E-state index contributed by atoms with van der Waals surface area (Å²) in [6.45, 7) is -0.0752. The summed E-state index contributed by atoms with van der Waals surface area (Å²) in [7, 11) is 0. The van der Waals surface area contributed by atoms with Crippen LogP contribution in [0.25, 0.3) is 0 Å². The van der Waals surface area contributed by atoms with Crippen LogP contribution in [0.1, 0.15) is 10.4 Å². The summed E-state index contributed by atoms with van der Waals surface area (Å²) in [5.41, 5.74) is 2.11. The van der Waals surface area contributed by atoms with Gasteiger partial charge in [-0.05, 0) is 48.5 Å². The van der Waals surface area contributed by atoms with Gasteiger partial charge in [-0.25, -0.2) is 0 Å². The fourth-order valence-electron chi connectivity index (χ4n) is 3.28. The van der Waals surface area contributed by atoms with Gasteiger partial charge in [-0.2, -0.15) is 0 Å². The molecule has 3 aromatic carbocycles. The van der Waals surface area contributed by atoms with Crippen LogP contribution >= 0.6 is 11.8 Å². The molecular weight excluding hydrogens is 444 g/mol. The number of hydrogen-bond acceptors (Lipinski definition) is 6. The smallest absolute Gasteiger partial charge is 0.269 e. The number of carbonyl (C=O) groups excluding carboxylic acids is 3. The molecule has 1 heterocycles. The van der Waals surface area contributed by atoms with Crippen LogP contribution in [0.3, 0.4) is 0 Å². The Bertz CT molecular complexity index is 1230. The molecule has 3 amide bonds. The van der Waals surface area contributed by atoms with E-state index in [0.29, 0.717) is 22.6 Å².